The van der Waals surface area contributed by atoms with E-state index in [4.69, 9.17) is 11.6 Å². The van der Waals surface area contributed by atoms with E-state index in [0.29, 0.717) is 16.3 Å². The second-order valence-corrected chi connectivity index (χ2v) is 5.39. The molecule has 0 aliphatic rings. The zero-order valence-corrected chi connectivity index (χ0v) is 12.7. The minimum atomic E-state index is -0.618. The molecule has 0 unspecified atom stereocenters. The van der Waals surface area contributed by atoms with Crippen LogP contribution in [0.2, 0.25) is 5.02 Å². The molecule has 0 heterocycles. The van der Waals surface area contributed by atoms with Crippen molar-refractivity contribution >= 4 is 23.2 Å². The van der Waals surface area contributed by atoms with Crippen molar-refractivity contribution in [3.63, 3.8) is 0 Å². The second-order valence-electron chi connectivity index (χ2n) is 4.95. The monoisotopic (exact) mass is 325 g/mol. The number of carbonyl (C=O) groups is 1. The molecule has 0 aromatic heterocycles. The number of hydrogen-bond donors (Lipinski definition) is 2. The Kier molecular flexibility index (Phi) is 5.46. The van der Waals surface area contributed by atoms with E-state index in [0.717, 1.165) is 6.07 Å². The molecule has 6 heteroatoms. The van der Waals surface area contributed by atoms with Gasteiger partial charge < -0.3 is 10.6 Å². The van der Waals surface area contributed by atoms with Crippen molar-refractivity contribution < 1.29 is 18.9 Å². The molecule has 0 spiro atoms. The lowest BCUT2D eigenvalue weighted by Gasteiger charge is -2.12. The standard InChI is InChI=1S/C16H15ClF2N2O/c1-10(14-6-5-12(18)8-15(14)19)20-9-16(22)21-13-4-2-3-11(17)7-13/h2-8,10,20H,9H2,1H3,(H,21,22)/p+1/t10-/m1/s1. The van der Waals surface area contributed by atoms with Gasteiger partial charge in [0.2, 0.25) is 0 Å². The molecule has 0 saturated heterocycles. The highest BCUT2D eigenvalue weighted by Crippen LogP contribution is 2.15. The highest BCUT2D eigenvalue weighted by molar-refractivity contribution is 6.30. The van der Waals surface area contributed by atoms with Crippen molar-refractivity contribution in [3.8, 4) is 0 Å². The summed E-state index contributed by atoms with van der Waals surface area (Å²) in [6, 6.07) is 9.95. The van der Waals surface area contributed by atoms with Crippen LogP contribution in [0.4, 0.5) is 14.5 Å². The summed E-state index contributed by atoms with van der Waals surface area (Å²) < 4.78 is 26.5. The third kappa shape index (κ3) is 4.51. The average molecular weight is 326 g/mol. The summed E-state index contributed by atoms with van der Waals surface area (Å²) >= 11 is 5.83. The maximum Gasteiger partial charge on any atom is 0.279 e. The molecule has 1 atom stereocenters. The Balaban J connectivity index is 1.90. The van der Waals surface area contributed by atoms with Gasteiger partial charge in [-0.15, -0.1) is 0 Å². The number of rotatable bonds is 5. The van der Waals surface area contributed by atoms with Gasteiger partial charge in [-0.2, -0.15) is 0 Å². The summed E-state index contributed by atoms with van der Waals surface area (Å²) in [5.74, 6) is -1.46. The largest absolute Gasteiger partial charge is 0.332 e. The van der Waals surface area contributed by atoms with Crippen LogP contribution in [-0.4, -0.2) is 12.5 Å². The Morgan fingerprint density at radius 2 is 2.05 bits per heavy atom. The molecule has 0 bridgehead atoms. The molecular formula is C16H16ClF2N2O+. The third-order valence-corrected chi connectivity index (χ3v) is 3.45. The van der Waals surface area contributed by atoms with Crippen LogP contribution in [0.3, 0.4) is 0 Å². The molecule has 0 radical (unpaired) electrons. The van der Waals surface area contributed by atoms with Gasteiger partial charge in [-0.3, -0.25) is 4.79 Å². The van der Waals surface area contributed by atoms with Crippen LogP contribution in [-0.2, 0) is 4.79 Å². The highest BCUT2D eigenvalue weighted by atomic mass is 35.5. The normalized spacial score (nSPS) is 12.0. The van der Waals surface area contributed by atoms with Crippen LogP contribution in [0.25, 0.3) is 0 Å². The van der Waals surface area contributed by atoms with Gasteiger partial charge in [0.15, 0.2) is 6.54 Å². The SMILES string of the molecule is C[C@@H]([NH2+]CC(=O)Nc1cccc(Cl)c1)c1ccc(F)cc1F. The summed E-state index contributed by atoms with van der Waals surface area (Å²) in [5.41, 5.74) is 0.962. The molecule has 22 heavy (non-hydrogen) atoms. The first kappa shape index (κ1) is 16.4. The number of quaternary nitrogens is 1. The Morgan fingerprint density at radius 1 is 1.27 bits per heavy atom. The molecule has 1 amide bonds. The fraction of sp³-hybridized carbons (Fsp3) is 0.188. The molecule has 0 saturated carbocycles. The maximum atomic E-state index is 13.6. The Labute approximate surface area is 132 Å². The van der Waals surface area contributed by atoms with Gasteiger partial charge in [0.1, 0.15) is 17.7 Å². The van der Waals surface area contributed by atoms with Gasteiger partial charge in [-0.25, -0.2) is 8.78 Å². The number of amides is 1. The number of anilines is 1. The summed E-state index contributed by atoms with van der Waals surface area (Å²) in [4.78, 5) is 11.9. The van der Waals surface area contributed by atoms with E-state index >= 15 is 0 Å². The lowest BCUT2D eigenvalue weighted by molar-refractivity contribution is -0.682. The summed E-state index contributed by atoms with van der Waals surface area (Å²) in [6.07, 6.45) is 0. The van der Waals surface area contributed by atoms with Crippen LogP contribution in [0, 0.1) is 11.6 Å². The number of nitrogens with one attached hydrogen (secondary N) is 1. The number of carbonyl (C=O) groups excluding carboxylic acids is 1. The van der Waals surface area contributed by atoms with Crippen molar-refractivity contribution in [3.05, 3.63) is 64.7 Å². The summed E-state index contributed by atoms with van der Waals surface area (Å²) in [6.45, 7) is 1.87. The van der Waals surface area contributed by atoms with Gasteiger partial charge in [0.25, 0.3) is 5.91 Å². The Bertz CT molecular complexity index is 679. The van der Waals surface area contributed by atoms with Crippen LogP contribution in [0.1, 0.15) is 18.5 Å². The first-order valence-corrected chi connectivity index (χ1v) is 7.17. The van der Waals surface area contributed by atoms with E-state index in [1.54, 1.807) is 36.5 Å². The van der Waals surface area contributed by atoms with Crippen molar-refractivity contribution in [2.75, 3.05) is 11.9 Å². The van der Waals surface area contributed by atoms with Crippen LogP contribution < -0.4 is 10.6 Å². The fourth-order valence-electron chi connectivity index (χ4n) is 2.06. The number of hydrogen-bond acceptors (Lipinski definition) is 1. The lowest BCUT2D eigenvalue weighted by Crippen LogP contribution is -2.86. The van der Waals surface area contributed by atoms with Crippen molar-refractivity contribution in [1.29, 1.82) is 0 Å². The van der Waals surface area contributed by atoms with Gasteiger partial charge in [0, 0.05) is 22.3 Å². The van der Waals surface area contributed by atoms with Crippen LogP contribution in [0.15, 0.2) is 42.5 Å². The molecular weight excluding hydrogens is 310 g/mol. The topological polar surface area (TPSA) is 45.7 Å². The summed E-state index contributed by atoms with van der Waals surface area (Å²) in [5, 5.41) is 4.91. The molecule has 0 aliphatic carbocycles. The molecule has 0 fully saturated rings. The van der Waals surface area contributed by atoms with Gasteiger partial charge in [-0.05, 0) is 37.3 Å². The lowest BCUT2D eigenvalue weighted by atomic mass is 10.1. The smallest absolute Gasteiger partial charge is 0.279 e. The van der Waals surface area contributed by atoms with E-state index in [2.05, 4.69) is 5.32 Å². The summed E-state index contributed by atoms with van der Waals surface area (Å²) in [7, 11) is 0. The fourth-order valence-corrected chi connectivity index (χ4v) is 2.25. The van der Waals surface area contributed by atoms with Gasteiger partial charge in [0.05, 0.1) is 0 Å². The molecule has 2 aromatic carbocycles. The van der Waals surface area contributed by atoms with E-state index in [-0.39, 0.29) is 18.5 Å². The van der Waals surface area contributed by atoms with E-state index in [1.807, 2.05) is 0 Å². The number of halogens is 3. The maximum absolute atomic E-state index is 13.6. The zero-order valence-electron chi connectivity index (χ0n) is 11.9. The number of nitrogens with two attached hydrogens (primary N) is 1. The van der Waals surface area contributed by atoms with Crippen LogP contribution in [0.5, 0.6) is 0 Å². The highest BCUT2D eigenvalue weighted by Gasteiger charge is 2.16. The average Bonchev–Trinajstić information content (AvgIpc) is 2.45. The zero-order chi connectivity index (χ0) is 16.1. The Morgan fingerprint density at radius 3 is 2.73 bits per heavy atom. The molecule has 2 aromatic rings. The third-order valence-electron chi connectivity index (χ3n) is 3.22. The van der Waals surface area contributed by atoms with Gasteiger partial charge in [-0.1, -0.05) is 17.7 Å². The molecule has 0 aliphatic heterocycles. The minimum Gasteiger partial charge on any atom is -0.332 e. The predicted octanol–water partition coefficient (Wildman–Crippen LogP) is 2.88. The van der Waals surface area contributed by atoms with E-state index in [9.17, 15) is 13.6 Å². The van der Waals surface area contributed by atoms with E-state index in [1.165, 1.54) is 12.1 Å². The predicted molar refractivity (Wildman–Crippen MR) is 81.6 cm³/mol. The van der Waals surface area contributed by atoms with E-state index < -0.39 is 11.6 Å². The van der Waals surface area contributed by atoms with Crippen LogP contribution >= 0.6 is 11.6 Å². The first-order chi connectivity index (χ1) is 10.5. The molecule has 3 nitrogen and oxygen atoms in total. The second kappa shape index (κ2) is 7.33. The van der Waals surface area contributed by atoms with Crippen molar-refractivity contribution in [1.82, 2.24) is 0 Å². The number of benzene rings is 2. The Hall–Kier alpha value is -1.98. The first-order valence-electron chi connectivity index (χ1n) is 6.79. The molecule has 116 valence electrons. The molecule has 2 rings (SSSR count). The minimum absolute atomic E-state index is 0.116. The molecule has 3 N–H and O–H groups in total. The van der Waals surface area contributed by atoms with Crippen molar-refractivity contribution in [2.24, 2.45) is 0 Å². The van der Waals surface area contributed by atoms with Gasteiger partial charge >= 0.3 is 0 Å². The quantitative estimate of drug-likeness (QED) is 0.872. The van der Waals surface area contributed by atoms with Crippen molar-refractivity contribution in [2.45, 2.75) is 13.0 Å².